The summed E-state index contributed by atoms with van der Waals surface area (Å²) in [6.07, 6.45) is 1.70. The molecular formula is C15H17N3O3. The van der Waals surface area contributed by atoms with E-state index in [0.29, 0.717) is 17.9 Å². The smallest absolute Gasteiger partial charge is 0.272 e. The van der Waals surface area contributed by atoms with Crippen molar-refractivity contribution in [1.29, 1.82) is 0 Å². The fraction of sp³-hybridized carbons (Fsp3) is 0.267. The second kappa shape index (κ2) is 6.21. The molecule has 0 atom stereocenters. The van der Waals surface area contributed by atoms with Crippen molar-refractivity contribution < 1.29 is 9.66 Å². The number of pyridine rings is 1. The van der Waals surface area contributed by atoms with E-state index in [4.69, 9.17) is 4.74 Å². The predicted molar refractivity (Wildman–Crippen MR) is 80.7 cm³/mol. The highest BCUT2D eigenvalue weighted by Gasteiger charge is 2.14. The third-order valence-corrected chi connectivity index (χ3v) is 3.20. The summed E-state index contributed by atoms with van der Waals surface area (Å²) >= 11 is 0. The summed E-state index contributed by atoms with van der Waals surface area (Å²) < 4.78 is 5.78. The lowest BCUT2D eigenvalue weighted by atomic mass is 10.1. The zero-order chi connectivity index (χ0) is 15.4. The predicted octanol–water partition coefficient (Wildman–Crippen LogP) is 3.23. The van der Waals surface area contributed by atoms with Crippen molar-refractivity contribution in [2.75, 3.05) is 12.4 Å². The van der Waals surface area contributed by atoms with Gasteiger partial charge in [-0.05, 0) is 31.5 Å². The van der Waals surface area contributed by atoms with Crippen molar-refractivity contribution in [3.63, 3.8) is 0 Å². The van der Waals surface area contributed by atoms with E-state index in [1.807, 2.05) is 12.1 Å². The number of benzene rings is 1. The number of rotatable bonds is 5. The Morgan fingerprint density at radius 2 is 2.10 bits per heavy atom. The number of aryl methyl sites for hydroxylation is 2. The molecule has 1 N–H and O–H groups in total. The van der Waals surface area contributed by atoms with Gasteiger partial charge in [0.1, 0.15) is 18.2 Å². The van der Waals surface area contributed by atoms with Crippen LogP contribution in [-0.4, -0.2) is 17.0 Å². The quantitative estimate of drug-likeness (QED) is 0.674. The highest BCUT2D eigenvalue weighted by molar-refractivity contribution is 5.49. The number of anilines is 1. The second-order valence-corrected chi connectivity index (χ2v) is 4.71. The summed E-state index contributed by atoms with van der Waals surface area (Å²) in [5, 5.41) is 13.9. The van der Waals surface area contributed by atoms with Gasteiger partial charge in [0.2, 0.25) is 0 Å². The van der Waals surface area contributed by atoms with Gasteiger partial charge in [0.05, 0.1) is 4.92 Å². The average molecular weight is 287 g/mol. The average Bonchev–Trinajstić information content (AvgIpc) is 2.47. The molecule has 110 valence electrons. The maximum atomic E-state index is 10.9. The maximum absolute atomic E-state index is 10.9. The fourth-order valence-electron chi connectivity index (χ4n) is 2.06. The molecule has 0 bridgehead atoms. The first kappa shape index (κ1) is 14.8. The monoisotopic (exact) mass is 287 g/mol. The largest absolute Gasteiger partial charge is 0.488 e. The number of nitrogens with one attached hydrogen (secondary N) is 1. The van der Waals surface area contributed by atoms with Gasteiger partial charge in [0.15, 0.2) is 0 Å². The fourth-order valence-corrected chi connectivity index (χ4v) is 2.06. The van der Waals surface area contributed by atoms with Crippen LogP contribution in [0.25, 0.3) is 0 Å². The molecule has 1 aromatic heterocycles. The van der Waals surface area contributed by atoms with Gasteiger partial charge in [-0.15, -0.1) is 0 Å². The molecule has 6 nitrogen and oxygen atoms in total. The number of nitro benzene ring substituents is 1. The molecule has 0 radical (unpaired) electrons. The summed E-state index contributed by atoms with van der Waals surface area (Å²) in [5.74, 6) is 1.40. The van der Waals surface area contributed by atoms with Crippen molar-refractivity contribution in [1.82, 2.24) is 4.98 Å². The Hall–Kier alpha value is -2.63. The zero-order valence-corrected chi connectivity index (χ0v) is 12.2. The first-order valence-electron chi connectivity index (χ1n) is 6.53. The lowest BCUT2D eigenvalue weighted by molar-refractivity contribution is -0.385. The second-order valence-electron chi connectivity index (χ2n) is 4.71. The highest BCUT2D eigenvalue weighted by Crippen LogP contribution is 2.28. The normalized spacial score (nSPS) is 10.2. The van der Waals surface area contributed by atoms with Gasteiger partial charge in [-0.1, -0.05) is 6.07 Å². The number of hydrogen-bond donors (Lipinski definition) is 1. The van der Waals surface area contributed by atoms with E-state index in [-0.39, 0.29) is 10.6 Å². The van der Waals surface area contributed by atoms with Crippen LogP contribution in [0.3, 0.4) is 0 Å². The zero-order valence-electron chi connectivity index (χ0n) is 12.2. The first-order valence-corrected chi connectivity index (χ1v) is 6.53. The SMILES string of the molecule is CNc1ncccc1COc1cc(C)c([N+](=O)[O-])cc1C. The van der Waals surface area contributed by atoms with Crippen LogP contribution >= 0.6 is 0 Å². The molecule has 0 unspecified atom stereocenters. The van der Waals surface area contributed by atoms with Crippen LogP contribution in [-0.2, 0) is 6.61 Å². The molecule has 1 aromatic carbocycles. The number of aromatic nitrogens is 1. The lowest BCUT2D eigenvalue weighted by Crippen LogP contribution is -2.03. The molecule has 1 heterocycles. The standard InChI is InChI=1S/C15H17N3O3/c1-10-8-14(11(2)7-13(10)18(19)20)21-9-12-5-4-6-17-15(12)16-3/h4-8H,9H2,1-3H3,(H,16,17). The third kappa shape index (κ3) is 3.28. The van der Waals surface area contributed by atoms with Gasteiger partial charge in [0.25, 0.3) is 5.69 Å². The topological polar surface area (TPSA) is 77.3 Å². The Morgan fingerprint density at radius 1 is 1.33 bits per heavy atom. The number of ether oxygens (including phenoxy) is 1. The van der Waals surface area contributed by atoms with Crippen LogP contribution < -0.4 is 10.1 Å². The van der Waals surface area contributed by atoms with Crippen LogP contribution in [0.4, 0.5) is 11.5 Å². The molecule has 6 heteroatoms. The minimum Gasteiger partial charge on any atom is -0.488 e. The number of hydrogen-bond acceptors (Lipinski definition) is 5. The van der Waals surface area contributed by atoms with Gasteiger partial charge >= 0.3 is 0 Å². The molecule has 0 saturated carbocycles. The molecule has 0 spiro atoms. The van der Waals surface area contributed by atoms with Gasteiger partial charge in [-0.2, -0.15) is 0 Å². The minimum atomic E-state index is -0.383. The summed E-state index contributed by atoms with van der Waals surface area (Å²) in [6, 6.07) is 7.00. The van der Waals surface area contributed by atoms with Crippen LogP contribution in [0.1, 0.15) is 16.7 Å². The van der Waals surface area contributed by atoms with Crippen molar-refractivity contribution in [2.45, 2.75) is 20.5 Å². The van der Waals surface area contributed by atoms with E-state index in [1.54, 1.807) is 33.2 Å². The van der Waals surface area contributed by atoms with E-state index >= 15 is 0 Å². The molecule has 0 amide bonds. The van der Waals surface area contributed by atoms with Gasteiger partial charge in [0, 0.05) is 30.4 Å². The Labute approximate surface area is 122 Å². The van der Waals surface area contributed by atoms with Gasteiger partial charge in [-0.3, -0.25) is 10.1 Å². The summed E-state index contributed by atoms with van der Waals surface area (Å²) in [4.78, 5) is 14.7. The first-order chi connectivity index (χ1) is 10.0. The Bertz CT molecular complexity index is 671. The minimum absolute atomic E-state index is 0.108. The van der Waals surface area contributed by atoms with E-state index in [0.717, 1.165) is 16.9 Å². The molecule has 0 saturated heterocycles. The van der Waals surface area contributed by atoms with Crippen LogP contribution in [0.5, 0.6) is 5.75 Å². The molecule has 2 rings (SSSR count). The summed E-state index contributed by atoms with van der Waals surface area (Å²) in [5.41, 5.74) is 2.36. The summed E-state index contributed by atoms with van der Waals surface area (Å²) in [7, 11) is 1.80. The van der Waals surface area contributed by atoms with Crippen LogP contribution in [0.15, 0.2) is 30.5 Å². The molecular weight excluding hydrogens is 270 g/mol. The number of nitro groups is 1. The Kier molecular flexibility index (Phi) is 4.37. The molecule has 21 heavy (non-hydrogen) atoms. The van der Waals surface area contributed by atoms with Gasteiger partial charge in [-0.25, -0.2) is 4.98 Å². The van der Waals surface area contributed by atoms with E-state index in [9.17, 15) is 10.1 Å². The highest BCUT2D eigenvalue weighted by atomic mass is 16.6. The third-order valence-electron chi connectivity index (χ3n) is 3.20. The van der Waals surface area contributed by atoms with Crippen molar-refractivity contribution in [3.8, 4) is 5.75 Å². The van der Waals surface area contributed by atoms with E-state index < -0.39 is 0 Å². The van der Waals surface area contributed by atoms with Crippen LogP contribution in [0.2, 0.25) is 0 Å². The van der Waals surface area contributed by atoms with Crippen LogP contribution in [0, 0.1) is 24.0 Å². The van der Waals surface area contributed by atoms with Crippen molar-refractivity contribution in [2.24, 2.45) is 0 Å². The van der Waals surface area contributed by atoms with Crippen molar-refractivity contribution in [3.05, 3.63) is 57.3 Å². The lowest BCUT2D eigenvalue weighted by Gasteiger charge is -2.12. The molecule has 0 aliphatic rings. The summed E-state index contributed by atoms with van der Waals surface area (Å²) in [6.45, 7) is 3.85. The molecule has 0 fully saturated rings. The molecule has 0 aliphatic carbocycles. The number of nitrogens with zero attached hydrogens (tertiary/aromatic N) is 2. The van der Waals surface area contributed by atoms with E-state index in [2.05, 4.69) is 10.3 Å². The molecule has 2 aromatic rings. The Balaban J connectivity index is 2.21. The Morgan fingerprint density at radius 3 is 2.76 bits per heavy atom. The van der Waals surface area contributed by atoms with Crippen molar-refractivity contribution >= 4 is 11.5 Å². The molecule has 0 aliphatic heterocycles. The maximum Gasteiger partial charge on any atom is 0.272 e. The van der Waals surface area contributed by atoms with Gasteiger partial charge < -0.3 is 10.1 Å². The van der Waals surface area contributed by atoms with E-state index in [1.165, 1.54) is 6.07 Å².